The first-order valence-corrected chi connectivity index (χ1v) is 6.04. The van der Waals surface area contributed by atoms with Gasteiger partial charge in [0.15, 0.2) is 5.75 Å². The van der Waals surface area contributed by atoms with Crippen LogP contribution in [-0.2, 0) is 4.79 Å². The molecule has 0 aromatic heterocycles. The van der Waals surface area contributed by atoms with Crippen LogP contribution >= 0.6 is 0 Å². The molecule has 0 fully saturated rings. The SMILES string of the molecule is CC(C)(CCCOc1ccc(F)cc1[N+](=O)[O-])C(=O)O. The van der Waals surface area contributed by atoms with Crippen LogP contribution in [0.3, 0.4) is 0 Å². The van der Waals surface area contributed by atoms with E-state index in [0.29, 0.717) is 12.8 Å². The van der Waals surface area contributed by atoms with E-state index in [1.807, 2.05) is 0 Å². The quantitative estimate of drug-likeness (QED) is 0.472. The number of ether oxygens (including phenoxy) is 1. The van der Waals surface area contributed by atoms with Crippen LogP contribution in [0.25, 0.3) is 0 Å². The molecule has 1 rings (SSSR count). The smallest absolute Gasteiger partial charge is 0.313 e. The number of nitrogens with zero attached hydrogens (tertiary/aromatic N) is 1. The molecule has 0 atom stereocenters. The maximum atomic E-state index is 12.9. The summed E-state index contributed by atoms with van der Waals surface area (Å²) in [5, 5.41) is 19.7. The first kappa shape index (κ1) is 15.9. The number of carboxylic acids is 1. The molecule has 0 heterocycles. The Hall–Kier alpha value is -2.18. The Bertz CT molecular complexity index is 515. The van der Waals surface area contributed by atoms with Gasteiger partial charge in [-0.2, -0.15) is 0 Å². The number of nitro benzene ring substituents is 1. The lowest BCUT2D eigenvalue weighted by molar-refractivity contribution is -0.386. The number of nitro groups is 1. The van der Waals surface area contributed by atoms with E-state index in [1.165, 1.54) is 6.07 Å². The molecule has 0 saturated carbocycles. The fourth-order valence-electron chi connectivity index (χ4n) is 1.56. The molecule has 1 aromatic carbocycles. The lowest BCUT2D eigenvalue weighted by Gasteiger charge is -2.18. The average Bonchev–Trinajstić information content (AvgIpc) is 2.35. The van der Waals surface area contributed by atoms with Crippen molar-refractivity contribution in [2.45, 2.75) is 26.7 Å². The molecule has 0 aliphatic carbocycles. The van der Waals surface area contributed by atoms with Crippen LogP contribution in [0.2, 0.25) is 0 Å². The van der Waals surface area contributed by atoms with Crippen molar-refractivity contribution in [1.82, 2.24) is 0 Å². The summed E-state index contributed by atoms with van der Waals surface area (Å²) in [6.45, 7) is 3.31. The van der Waals surface area contributed by atoms with E-state index in [1.54, 1.807) is 13.8 Å². The van der Waals surface area contributed by atoms with Gasteiger partial charge in [0.05, 0.1) is 23.0 Å². The van der Waals surface area contributed by atoms with E-state index in [0.717, 1.165) is 12.1 Å². The van der Waals surface area contributed by atoms with E-state index < -0.39 is 27.8 Å². The number of carboxylic acid groups (broad SMARTS) is 1. The van der Waals surface area contributed by atoms with Gasteiger partial charge in [-0.3, -0.25) is 14.9 Å². The van der Waals surface area contributed by atoms with Crippen molar-refractivity contribution in [3.05, 3.63) is 34.1 Å². The topological polar surface area (TPSA) is 89.7 Å². The summed E-state index contributed by atoms with van der Waals surface area (Å²) in [7, 11) is 0. The molecule has 0 radical (unpaired) electrons. The van der Waals surface area contributed by atoms with Crippen LogP contribution in [0, 0.1) is 21.3 Å². The van der Waals surface area contributed by atoms with Crippen molar-refractivity contribution in [3.63, 3.8) is 0 Å². The fraction of sp³-hybridized carbons (Fsp3) is 0.462. The normalized spacial score (nSPS) is 11.2. The average molecular weight is 285 g/mol. The molecule has 0 amide bonds. The highest BCUT2D eigenvalue weighted by Gasteiger charge is 2.26. The van der Waals surface area contributed by atoms with Gasteiger partial charge in [-0.15, -0.1) is 0 Å². The Labute approximate surface area is 115 Å². The van der Waals surface area contributed by atoms with Gasteiger partial charge in [-0.25, -0.2) is 4.39 Å². The molecule has 1 N–H and O–H groups in total. The standard InChI is InChI=1S/C13H16FNO5/c1-13(2,12(16)17)6-3-7-20-11-5-4-9(14)8-10(11)15(18)19/h4-5,8H,3,6-7H2,1-2H3,(H,16,17). The summed E-state index contributed by atoms with van der Waals surface area (Å²) < 4.78 is 18.1. The zero-order valence-electron chi connectivity index (χ0n) is 11.3. The minimum atomic E-state index is -0.912. The van der Waals surface area contributed by atoms with Crippen molar-refractivity contribution in [2.75, 3.05) is 6.61 Å². The largest absolute Gasteiger partial charge is 0.487 e. The first-order valence-electron chi connectivity index (χ1n) is 6.04. The van der Waals surface area contributed by atoms with E-state index in [4.69, 9.17) is 9.84 Å². The lowest BCUT2D eigenvalue weighted by Crippen LogP contribution is -2.24. The third-order valence-corrected chi connectivity index (χ3v) is 2.90. The van der Waals surface area contributed by atoms with Crippen LogP contribution < -0.4 is 4.74 Å². The Morgan fingerprint density at radius 2 is 2.15 bits per heavy atom. The van der Waals surface area contributed by atoms with Crippen molar-refractivity contribution in [2.24, 2.45) is 5.41 Å². The Morgan fingerprint density at radius 3 is 2.70 bits per heavy atom. The fourth-order valence-corrected chi connectivity index (χ4v) is 1.56. The molecule has 0 unspecified atom stereocenters. The summed E-state index contributed by atoms with van der Waals surface area (Å²) in [6.07, 6.45) is 0.797. The molecule has 0 aliphatic heterocycles. The highest BCUT2D eigenvalue weighted by atomic mass is 19.1. The second-order valence-electron chi connectivity index (χ2n) is 5.01. The second-order valence-corrected chi connectivity index (χ2v) is 5.01. The molecular formula is C13H16FNO5. The summed E-state index contributed by atoms with van der Waals surface area (Å²) in [5.74, 6) is -1.65. The van der Waals surface area contributed by atoms with Gasteiger partial charge in [0.2, 0.25) is 0 Å². The summed E-state index contributed by atoms with van der Waals surface area (Å²) in [4.78, 5) is 20.9. The summed E-state index contributed by atoms with van der Waals surface area (Å²) >= 11 is 0. The Morgan fingerprint density at radius 1 is 1.50 bits per heavy atom. The first-order chi connectivity index (χ1) is 9.24. The van der Waals surface area contributed by atoms with Gasteiger partial charge in [-0.1, -0.05) is 0 Å². The second kappa shape index (κ2) is 6.31. The minimum Gasteiger partial charge on any atom is -0.487 e. The summed E-state index contributed by atoms with van der Waals surface area (Å²) in [6, 6.07) is 3.05. The van der Waals surface area contributed by atoms with Crippen LogP contribution in [0.4, 0.5) is 10.1 Å². The molecule has 0 spiro atoms. The molecule has 6 nitrogen and oxygen atoms in total. The maximum absolute atomic E-state index is 12.9. The molecule has 0 saturated heterocycles. The zero-order valence-corrected chi connectivity index (χ0v) is 11.3. The third kappa shape index (κ3) is 4.18. The molecule has 110 valence electrons. The van der Waals surface area contributed by atoms with E-state index >= 15 is 0 Å². The van der Waals surface area contributed by atoms with Crippen molar-refractivity contribution in [3.8, 4) is 5.75 Å². The van der Waals surface area contributed by atoms with Crippen LogP contribution in [0.5, 0.6) is 5.75 Å². The molecule has 7 heteroatoms. The number of carbonyl (C=O) groups is 1. The summed E-state index contributed by atoms with van der Waals surface area (Å²) in [5.41, 5.74) is -1.32. The van der Waals surface area contributed by atoms with Crippen molar-refractivity contribution in [1.29, 1.82) is 0 Å². The minimum absolute atomic E-state index is 0.0236. The molecule has 1 aromatic rings. The highest BCUT2D eigenvalue weighted by Crippen LogP contribution is 2.28. The Balaban J connectivity index is 2.59. The third-order valence-electron chi connectivity index (χ3n) is 2.90. The maximum Gasteiger partial charge on any atom is 0.313 e. The zero-order chi connectivity index (χ0) is 15.3. The number of halogens is 1. The van der Waals surface area contributed by atoms with Crippen LogP contribution in [0.15, 0.2) is 18.2 Å². The van der Waals surface area contributed by atoms with Gasteiger partial charge in [0.1, 0.15) is 5.82 Å². The number of hydrogen-bond donors (Lipinski definition) is 1. The highest BCUT2D eigenvalue weighted by molar-refractivity contribution is 5.73. The molecule has 0 bridgehead atoms. The number of rotatable bonds is 7. The lowest BCUT2D eigenvalue weighted by atomic mass is 9.88. The molecule has 20 heavy (non-hydrogen) atoms. The molecular weight excluding hydrogens is 269 g/mol. The number of hydrogen-bond acceptors (Lipinski definition) is 4. The van der Waals surface area contributed by atoms with Gasteiger partial charge in [-0.05, 0) is 38.8 Å². The van der Waals surface area contributed by atoms with Gasteiger partial charge < -0.3 is 9.84 Å². The van der Waals surface area contributed by atoms with Gasteiger partial charge >= 0.3 is 11.7 Å². The van der Waals surface area contributed by atoms with Gasteiger partial charge in [0.25, 0.3) is 0 Å². The van der Waals surface area contributed by atoms with E-state index in [2.05, 4.69) is 0 Å². The van der Waals surface area contributed by atoms with Crippen LogP contribution in [0.1, 0.15) is 26.7 Å². The monoisotopic (exact) mass is 285 g/mol. The predicted octanol–water partition coefficient (Wildman–Crippen LogP) is 3.00. The van der Waals surface area contributed by atoms with Crippen molar-refractivity contribution >= 4 is 11.7 Å². The van der Waals surface area contributed by atoms with Crippen molar-refractivity contribution < 1.29 is 24.0 Å². The molecule has 0 aliphatic rings. The van der Waals surface area contributed by atoms with E-state index in [9.17, 15) is 19.3 Å². The van der Waals surface area contributed by atoms with Crippen LogP contribution in [-0.4, -0.2) is 22.6 Å². The Kier molecular flexibility index (Phi) is 5.01. The predicted molar refractivity (Wildman–Crippen MR) is 69.2 cm³/mol. The van der Waals surface area contributed by atoms with Gasteiger partial charge in [0, 0.05) is 0 Å². The number of benzene rings is 1. The van der Waals surface area contributed by atoms with E-state index in [-0.39, 0.29) is 12.4 Å². The number of aliphatic carboxylic acids is 1.